The second-order valence-electron chi connectivity index (χ2n) is 6.31. The topological polar surface area (TPSA) is 54.5 Å². The number of carbonyl (C=O) groups excluding carboxylic acids is 1. The second kappa shape index (κ2) is 6.09. The predicted octanol–water partition coefficient (Wildman–Crippen LogP) is 2.83. The zero-order valence-corrected chi connectivity index (χ0v) is 14.1. The van der Waals surface area contributed by atoms with E-state index in [0.717, 1.165) is 11.2 Å². The van der Waals surface area contributed by atoms with Crippen LogP contribution in [0.2, 0.25) is 0 Å². The summed E-state index contributed by atoms with van der Waals surface area (Å²) in [5.41, 5.74) is 2.05. The van der Waals surface area contributed by atoms with E-state index in [1.165, 1.54) is 22.5 Å². The van der Waals surface area contributed by atoms with Crippen molar-refractivity contribution in [3.63, 3.8) is 0 Å². The maximum atomic E-state index is 12.5. The number of rotatable bonds is 4. The van der Waals surface area contributed by atoms with Gasteiger partial charge < -0.3 is 15.0 Å². The van der Waals surface area contributed by atoms with E-state index in [1.54, 1.807) is 11.3 Å². The van der Waals surface area contributed by atoms with Gasteiger partial charge in [0.25, 0.3) is 0 Å². The van der Waals surface area contributed by atoms with Crippen LogP contribution in [0, 0.1) is 0 Å². The minimum atomic E-state index is -0.235. The van der Waals surface area contributed by atoms with E-state index in [9.17, 15) is 4.79 Å². The van der Waals surface area contributed by atoms with Crippen LogP contribution in [-0.2, 0) is 9.53 Å². The molecule has 2 aromatic rings. The van der Waals surface area contributed by atoms with Crippen LogP contribution >= 0.6 is 11.3 Å². The highest BCUT2D eigenvalue weighted by Crippen LogP contribution is 2.43. The number of amides is 1. The van der Waals surface area contributed by atoms with Crippen molar-refractivity contribution < 1.29 is 9.53 Å². The van der Waals surface area contributed by atoms with Crippen LogP contribution in [0.25, 0.3) is 10.2 Å². The van der Waals surface area contributed by atoms with Gasteiger partial charge in [-0.2, -0.15) is 0 Å². The van der Waals surface area contributed by atoms with Crippen LogP contribution in [0.4, 0.5) is 5.69 Å². The summed E-state index contributed by atoms with van der Waals surface area (Å²) in [6.07, 6.45) is 2.55. The van der Waals surface area contributed by atoms with Gasteiger partial charge in [0.15, 0.2) is 0 Å². The summed E-state index contributed by atoms with van der Waals surface area (Å²) in [4.78, 5) is 19.0. The number of hydrogen-bond acceptors (Lipinski definition) is 5. The van der Waals surface area contributed by atoms with Gasteiger partial charge in [-0.25, -0.2) is 4.98 Å². The Morgan fingerprint density at radius 2 is 2.17 bits per heavy atom. The Kier molecular flexibility index (Phi) is 3.95. The molecule has 1 saturated heterocycles. The number of morpholine rings is 1. The molecule has 6 heteroatoms. The first-order valence-corrected chi connectivity index (χ1v) is 9.06. The van der Waals surface area contributed by atoms with Gasteiger partial charge in [0.05, 0.1) is 28.4 Å². The molecule has 23 heavy (non-hydrogen) atoms. The Balaban J connectivity index is 1.46. The number of thiazole rings is 1. The largest absolute Gasteiger partial charge is 0.378 e. The SMILES string of the molecule is C[C@@H](Nc1ccc2nc(C3CC3)sc2c1)C(=O)N1CCOCC1. The third-order valence-electron chi connectivity index (χ3n) is 4.41. The van der Waals surface area contributed by atoms with Crippen molar-refractivity contribution in [3.8, 4) is 0 Å². The number of nitrogens with one attached hydrogen (secondary N) is 1. The molecule has 0 radical (unpaired) electrons. The third kappa shape index (κ3) is 3.19. The number of benzene rings is 1. The lowest BCUT2D eigenvalue weighted by atomic mass is 10.2. The summed E-state index contributed by atoms with van der Waals surface area (Å²) in [6.45, 7) is 4.56. The van der Waals surface area contributed by atoms with Gasteiger partial charge in [-0.05, 0) is 38.0 Å². The number of hydrogen-bond donors (Lipinski definition) is 1. The van der Waals surface area contributed by atoms with Crippen LogP contribution in [0.15, 0.2) is 18.2 Å². The van der Waals surface area contributed by atoms with Gasteiger partial charge in [0.1, 0.15) is 6.04 Å². The second-order valence-corrected chi connectivity index (χ2v) is 7.37. The zero-order chi connectivity index (χ0) is 15.8. The molecular formula is C17H21N3O2S. The average Bonchev–Trinajstić information content (AvgIpc) is 3.34. The number of nitrogens with zero attached hydrogens (tertiary/aromatic N) is 2. The molecule has 2 aliphatic rings. The fourth-order valence-corrected chi connectivity index (χ4v) is 4.08. The maximum absolute atomic E-state index is 12.5. The Bertz CT molecular complexity index is 720. The molecule has 1 N–H and O–H groups in total. The van der Waals surface area contributed by atoms with Crippen molar-refractivity contribution in [2.24, 2.45) is 0 Å². The van der Waals surface area contributed by atoms with Gasteiger partial charge in [-0.1, -0.05) is 0 Å². The molecule has 0 spiro atoms. The van der Waals surface area contributed by atoms with Gasteiger partial charge >= 0.3 is 0 Å². The van der Waals surface area contributed by atoms with E-state index in [-0.39, 0.29) is 11.9 Å². The van der Waals surface area contributed by atoms with Gasteiger partial charge in [-0.15, -0.1) is 11.3 Å². The van der Waals surface area contributed by atoms with E-state index < -0.39 is 0 Å². The molecule has 1 aromatic heterocycles. The van der Waals surface area contributed by atoms with Gasteiger partial charge in [0, 0.05) is 24.7 Å². The van der Waals surface area contributed by atoms with Crippen LogP contribution in [0.5, 0.6) is 0 Å². The number of carbonyl (C=O) groups is 1. The molecule has 1 aliphatic heterocycles. The van der Waals surface area contributed by atoms with Crippen LogP contribution in [0.1, 0.15) is 30.7 Å². The highest BCUT2D eigenvalue weighted by atomic mass is 32.1. The highest BCUT2D eigenvalue weighted by Gasteiger charge is 2.27. The molecule has 0 unspecified atom stereocenters. The van der Waals surface area contributed by atoms with Crippen molar-refractivity contribution in [2.45, 2.75) is 31.7 Å². The number of fused-ring (bicyclic) bond motifs is 1. The van der Waals surface area contributed by atoms with Crippen molar-refractivity contribution in [2.75, 3.05) is 31.6 Å². The lowest BCUT2D eigenvalue weighted by molar-refractivity contribution is -0.135. The number of anilines is 1. The molecule has 2 heterocycles. The third-order valence-corrected chi connectivity index (χ3v) is 5.59. The summed E-state index contributed by atoms with van der Waals surface area (Å²) >= 11 is 1.78. The van der Waals surface area contributed by atoms with Crippen molar-refractivity contribution >= 4 is 33.1 Å². The fraction of sp³-hybridized carbons (Fsp3) is 0.529. The summed E-state index contributed by atoms with van der Waals surface area (Å²) < 4.78 is 6.50. The Morgan fingerprint density at radius 1 is 1.39 bits per heavy atom. The summed E-state index contributed by atoms with van der Waals surface area (Å²) in [7, 11) is 0. The lowest BCUT2D eigenvalue weighted by Gasteiger charge is -2.29. The smallest absolute Gasteiger partial charge is 0.244 e. The fourth-order valence-electron chi connectivity index (χ4n) is 2.91. The van der Waals surface area contributed by atoms with Crippen molar-refractivity contribution in [3.05, 3.63) is 23.2 Å². The Morgan fingerprint density at radius 3 is 2.91 bits per heavy atom. The van der Waals surface area contributed by atoms with Crippen LogP contribution in [0.3, 0.4) is 0 Å². The van der Waals surface area contributed by atoms with Gasteiger partial charge in [-0.3, -0.25) is 4.79 Å². The van der Waals surface area contributed by atoms with E-state index >= 15 is 0 Å². The molecule has 2 fully saturated rings. The number of aromatic nitrogens is 1. The molecule has 1 amide bonds. The van der Waals surface area contributed by atoms with Crippen LogP contribution in [-0.4, -0.2) is 48.1 Å². The van der Waals surface area contributed by atoms with Crippen molar-refractivity contribution in [1.29, 1.82) is 0 Å². The molecule has 5 nitrogen and oxygen atoms in total. The summed E-state index contributed by atoms with van der Waals surface area (Å²) in [5, 5.41) is 4.59. The molecule has 1 saturated carbocycles. The molecular weight excluding hydrogens is 310 g/mol. The molecule has 4 rings (SSSR count). The first-order chi connectivity index (χ1) is 11.2. The van der Waals surface area contributed by atoms with E-state index in [4.69, 9.17) is 9.72 Å². The molecule has 1 atom stereocenters. The van der Waals surface area contributed by atoms with E-state index in [0.29, 0.717) is 32.2 Å². The monoisotopic (exact) mass is 331 g/mol. The quantitative estimate of drug-likeness (QED) is 0.936. The van der Waals surface area contributed by atoms with Crippen molar-refractivity contribution in [1.82, 2.24) is 9.88 Å². The zero-order valence-electron chi connectivity index (χ0n) is 13.2. The Labute approximate surface area is 139 Å². The van der Waals surface area contributed by atoms with Gasteiger partial charge in [0.2, 0.25) is 5.91 Å². The van der Waals surface area contributed by atoms with E-state index in [2.05, 4.69) is 11.4 Å². The summed E-state index contributed by atoms with van der Waals surface area (Å²) in [6, 6.07) is 5.94. The highest BCUT2D eigenvalue weighted by molar-refractivity contribution is 7.18. The normalized spacial score (nSPS) is 19.8. The number of ether oxygens (including phenoxy) is 1. The van der Waals surface area contributed by atoms with Crippen LogP contribution < -0.4 is 5.32 Å². The average molecular weight is 331 g/mol. The molecule has 1 aliphatic carbocycles. The van der Waals surface area contributed by atoms with E-state index in [1.807, 2.05) is 24.0 Å². The first-order valence-electron chi connectivity index (χ1n) is 8.24. The first kappa shape index (κ1) is 14.9. The summed E-state index contributed by atoms with van der Waals surface area (Å²) in [5.74, 6) is 0.821. The molecule has 122 valence electrons. The Hall–Kier alpha value is -1.66. The standard InChI is InChI=1S/C17H21N3O2S/c1-11(17(21)20-6-8-22-9-7-20)18-13-4-5-14-15(10-13)23-16(19-14)12-2-3-12/h4-5,10-12,18H,2-3,6-9H2,1H3/t11-/m1/s1. The molecule has 0 bridgehead atoms. The maximum Gasteiger partial charge on any atom is 0.244 e. The predicted molar refractivity (Wildman–Crippen MR) is 92.1 cm³/mol. The lowest BCUT2D eigenvalue weighted by Crippen LogP contribution is -2.46. The minimum absolute atomic E-state index is 0.136. The minimum Gasteiger partial charge on any atom is -0.378 e. The molecule has 1 aromatic carbocycles.